The number of phosphoric acid groups is 1. The Morgan fingerprint density at radius 3 is 1.34 bits per heavy atom. The van der Waals surface area contributed by atoms with Gasteiger partial charge in [0.2, 0.25) is 0 Å². The standard InChI is InChI=1S/C52H91O11P/c1-4-7-10-13-16-19-22-23-24-25-28-31-34-37-40-43-52(56)63-49(45-59-50(54)41-38-35-32-29-26-20-17-14-11-8-5-2)47-61-64(57,58)60-46-48(44-53)62-51(55)42-39-36-33-30-27-21-18-15-12-9-6-3/h7,10,14,16-17,19,23-24,28,31,48-49,53H,4-6,8-9,11-13,15,18,20-22,25-27,29-30,32-47H2,1-3H3,(H,57,58)/b10-7-,17-14-,19-16-,24-23-,31-28-. The van der Waals surface area contributed by atoms with Crippen molar-refractivity contribution in [3.05, 3.63) is 60.8 Å². The van der Waals surface area contributed by atoms with Crippen molar-refractivity contribution in [3.8, 4) is 0 Å². The van der Waals surface area contributed by atoms with Crippen LogP contribution < -0.4 is 0 Å². The van der Waals surface area contributed by atoms with Crippen molar-refractivity contribution >= 4 is 25.7 Å². The van der Waals surface area contributed by atoms with Crippen molar-refractivity contribution in [1.82, 2.24) is 0 Å². The van der Waals surface area contributed by atoms with Gasteiger partial charge >= 0.3 is 25.7 Å². The van der Waals surface area contributed by atoms with E-state index in [1.54, 1.807) is 0 Å². The first-order valence-corrected chi connectivity index (χ1v) is 26.7. The van der Waals surface area contributed by atoms with Gasteiger partial charge in [-0.15, -0.1) is 0 Å². The number of esters is 3. The third-order valence-corrected chi connectivity index (χ3v) is 11.4. The molecule has 0 amide bonds. The molecule has 0 saturated carbocycles. The maximum absolute atomic E-state index is 12.8. The second-order valence-electron chi connectivity index (χ2n) is 16.6. The van der Waals surface area contributed by atoms with Crippen molar-refractivity contribution in [2.75, 3.05) is 26.4 Å². The number of aliphatic hydroxyl groups excluding tert-OH is 1. The summed E-state index contributed by atoms with van der Waals surface area (Å²) in [6.07, 6.45) is 47.7. The van der Waals surface area contributed by atoms with Crippen LogP contribution in [-0.4, -0.2) is 66.5 Å². The molecule has 0 saturated heterocycles. The van der Waals surface area contributed by atoms with E-state index in [0.717, 1.165) is 96.3 Å². The van der Waals surface area contributed by atoms with Gasteiger partial charge in [-0.2, -0.15) is 0 Å². The van der Waals surface area contributed by atoms with Crippen LogP contribution in [0.25, 0.3) is 0 Å². The Balaban J connectivity index is 4.82. The average molecular weight is 923 g/mol. The lowest BCUT2D eigenvalue weighted by Gasteiger charge is -2.21. The first-order valence-electron chi connectivity index (χ1n) is 25.2. The zero-order valence-corrected chi connectivity index (χ0v) is 41.4. The zero-order chi connectivity index (χ0) is 47.0. The largest absolute Gasteiger partial charge is 0.472 e. The topological polar surface area (TPSA) is 155 Å². The smallest absolute Gasteiger partial charge is 0.462 e. The number of carbonyl (C=O) groups excluding carboxylic acids is 3. The van der Waals surface area contributed by atoms with Crippen LogP contribution in [-0.2, 0) is 42.2 Å². The molecule has 0 fully saturated rings. The summed E-state index contributed by atoms with van der Waals surface area (Å²) >= 11 is 0. The molecule has 64 heavy (non-hydrogen) atoms. The Kier molecular flexibility index (Phi) is 44.6. The van der Waals surface area contributed by atoms with Gasteiger partial charge in [-0.05, 0) is 77.0 Å². The lowest BCUT2D eigenvalue weighted by atomic mass is 10.1. The summed E-state index contributed by atoms with van der Waals surface area (Å²) in [7, 11) is -4.75. The monoisotopic (exact) mass is 923 g/mol. The Morgan fingerprint density at radius 2 is 0.828 bits per heavy atom. The van der Waals surface area contributed by atoms with Gasteiger partial charge in [0.05, 0.1) is 19.8 Å². The van der Waals surface area contributed by atoms with E-state index < -0.39 is 57.8 Å². The van der Waals surface area contributed by atoms with E-state index in [-0.39, 0.29) is 25.9 Å². The third kappa shape index (κ3) is 44.4. The maximum Gasteiger partial charge on any atom is 0.472 e. The van der Waals surface area contributed by atoms with E-state index in [4.69, 9.17) is 23.3 Å². The molecule has 3 unspecified atom stereocenters. The molecule has 2 N–H and O–H groups in total. The molecule has 3 atom stereocenters. The molecule has 11 nitrogen and oxygen atoms in total. The van der Waals surface area contributed by atoms with Gasteiger partial charge in [0, 0.05) is 19.3 Å². The molecule has 0 rings (SSSR count). The molecule has 12 heteroatoms. The third-order valence-electron chi connectivity index (χ3n) is 10.4. The van der Waals surface area contributed by atoms with Gasteiger partial charge in [-0.3, -0.25) is 23.4 Å². The Bertz CT molecular complexity index is 1310. The number of carbonyl (C=O) groups is 3. The van der Waals surface area contributed by atoms with E-state index in [0.29, 0.717) is 19.3 Å². The van der Waals surface area contributed by atoms with Gasteiger partial charge in [-0.1, -0.05) is 178 Å². The van der Waals surface area contributed by atoms with Crippen molar-refractivity contribution in [1.29, 1.82) is 0 Å². The first kappa shape index (κ1) is 61.2. The molecule has 0 aromatic rings. The number of hydrogen-bond donors (Lipinski definition) is 2. The number of hydrogen-bond acceptors (Lipinski definition) is 10. The van der Waals surface area contributed by atoms with E-state index in [9.17, 15) is 28.9 Å². The fourth-order valence-electron chi connectivity index (χ4n) is 6.56. The molecule has 0 bridgehead atoms. The predicted molar refractivity (Wildman–Crippen MR) is 261 cm³/mol. The van der Waals surface area contributed by atoms with Crippen molar-refractivity contribution in [3.63, 3.8) is 0 Å². The summed E-state index contributed by atoms with van der Waals surface area (Å²) in [5, 5.41) is 9.75. The second kappa shape index (κ2) is 46.7. The Hall–Kier alpha value is -2.82. The summed E-state index contributed by atoms with van der Waals surface area (Å²) < 4.78 is 39.2. The van der Waals surface area contributed by atoms with Gasteiger partial charge in [0.1, 0.15) is 12.7 Å². The molecule has 0 spiro atoms. The van der Waals surface area contributed by atoms with E-state index in [1.165, 1.54) is 57.8 Å². The number of rotatable bonds is 46. The van der Waals surface area contributed by atoms with Crippen LogP contribution in [0.1, 0.15) is 213 Å². The van der Waals surface area contributed by atoms with Crippen LogP contribution in [0.15, 0.2) is 60.8 Å². The summed E-state index contributed by atoms with van der Waals surface area (Å²) in [6, 6.07) is 0. The normalized spacial score (nSPS) is 14.0. The summed E-state index contributed by atoms with van der Waals surface area (Å²) in [6.45, 7) is 4.40. The Morgan fingerprint density at radius 1 is 0.453 bits per heavy atom. The number of ether oxygens (including phenoxy) is 3. The maximum atomic E-state index is 12.8. The highest BCUT2D eigenvalue weighted by Crippen LogP contribution is 2.43. The van der Waals surface area contributed by atoms with Gasteiger partial charge in [0.15, 0.2) is 6.10 Å². The van der Waals surface area contributed by atoms with E-state index >= 15 is 0 Å². The average Bonchev–Trinajstić information content (AvgIpc) is 3.28. The molecular formula is C52H91O11P. The highest BCUT2D eigenvalue weighted by molar-refractivity contribution is 7.47. The molecule has 0 aromatic carbocycles. The second-order valence-corrected chi connectivity index (χ2v) is 18.1. The quantitative estimate of drug-likeness (QED) is 0.0197. The molecule has 0 aromatic heterocycles. The zero-order valence-electron chi connectivity index (χ0n) is 40.5. The van der Waals surface area contributed by atoms with E-state index in [2.05, 4.69) is 81.5 Å². The Labute approximate surface area is 389 Å². The van der Waals surface area contributed by atoms with Gasteiger partial charge in [-0.25, -0.2) is 4.57 Å². The van der Waals surface area contributed by atoms with Crippen molar-refractivity contribution in [2.45, 2.75) is 226 Å². The van der Waals surface area contributed by atoms with Crippen LogP contribution in [0.5, 0.6) is 0 Å². The number of aliphatic hydroxyl groups is 1. The lowest BCUT2D eigenvalue weighted by molar-refractivity contribution is -0.161. The highest BCUT2D eigenvalue weighted by atomic mass is 31.2. The SMILES string of the molecule is CC/C=C\C/C=C\C/C=C\C/C=C\CCCCC(=O)OC(COC(=O)CCCCCCC/C=C\CCCC)COP(=O)(O)OCC(CO)OC(=O)CCCCCCCCCCCCC. The molecule has 0 aliphatic heterocycles. The minimum Gasteiger partial charge on any atom is -0.462 e. The van der Waals surface area contributed by atoms with Crippen LogP contribution >= 0.6 is 7.82 Å². The van der Waals surface area contributed by atoms with Crippen LogP contribution in [0.3, 0.4) is 0 Å². The molecule has 0 heterocycles. The predicted octanol–water partition coefficient (Wildman–Crippen LogP) is 14.0. The van der Waals surface area contributed by atoms with E-state index in [1.807, 2.05) is 0 Å². The summed E-state index contributed by atoms with van der Waals surface area (Å²) in [5.41, 5.74) is 0. The summed E-state index contributed by atoms with van der Waals surface area (Å²) in [4.78, 5) is 48.2. The lowest BCUT2D eigenvalue weighted by Crippen LogP contribution is -2.30. The van der Waals surface area contributed by atoms with Crippen LogP contribution in [0.2, 0.25) is 0 Å². The number of phosphoric ester groups is 1. The molecule has 0 aliphatic carbocycles. The van der Waals surface area contributed by atoms with Crippen LogP contribution in [0, 0.1) is 0 Å². The molecular weight excluding hydrogens is 832 g/mol. The van der Waals surface area contributed by atoms with Crippen molar-refractivity contribution < 1.29 is 52.2 Å². The fraction of sp³-hybridized carbons (Fsp3) is 0.750. The minimum absolute atomic E-state index is 0.114. The van der Waals surface area contributed by atoms with Crippen LogP contribution in [0.4, 0.5) is 0 Å². The van der Waals surface area contributed by atoms with Gasteiger partial charge in [0.25, 0.3) is 0 Å². The first-order chi connectivity index (χ1) is 31.2. The van der Waals surface area contributed by atoms with Gasteiger partial charge < -0.3 is 24.2 Å². The molecule has 0 aliphatic rings. The number of allylic oxidation sites excluding steroid dienone is 10. The number of unbranched alkanes of at least 4 members (excludes halogenated alkanes) is 19. The van der Waals surface area contributed by atoms with Crippen molar-refractivity contribution in [2.24, 2.45) is 0 Å². The molecule has 0 radical (unpaired) electrons. The fourth-order valence-corrected chi connectivity index (χ4v) is 7.35. The molecule has 370 valence electrons. The highest BCUT2D eigenvalue weighted by Gasteiger charge is 2.28. The minimum atomic E-state index is -4.75. The summed E-state index contributed by atoms with van der Waals surface area (Å²) in [5.74, 6) is -1.53.